The molecule has 10 heteroatoms. The molecule has 3 aromatic heterocycles. The van der Waals surface area contributed by atoms with Crippen molar-refractivity contribution in [3.8, 4) is 11.4 Å². The maximum atomic E-state index is 12.4. The molecule has 1 aliphatic heterocycles. The van der Waals surface area contributed by atoms with E-state index in [4.69, 9.17) is 0 Å². The van der Waals surface area contributed by atoms with Crippen molar-refractivity contribution < 1.29 is 8.42 Å². The number of nitrogens with one attached hydrogen (secondary N) is 2. The van der Waals surface area contributed by atoms with Gasteiger partial charge in [-0.25, -0.2) is 32.3 Å². The molecule has 0 amide bonds. The smallest absolute Gasteiger partial charge is 0.238 e. The third-order valence-corrected chi connectivity index (χ3v) is 6.80. The summed E-state index contributed by atoms with van der Waals surface area (Å²) in [6, 6.07) is 11.5. The van der Waals surface area contributed by atoms with Gasteiger partial charge in [0.1, 0.15) is 11.4 Å². The van der Waals surface area contributed by atoms with E-state index in [-0.39, 0.29) is 5.75 Å². The summed E-state index contributed by atoms with van der Waals surface area (Å²) >= 11 is 0. The third-order valence-electron chi connectivity index (χ3n) is 5.15. The van der Waals surface area contributed by atoms with Crippen LogP contribution in [0.2, 0.25) is 0 Å². The fourth-order valence-corrected chi connectivity index (χ4v) is 4.53. The van der Waals surface area contributed by atoms with Crippen LogP contribution in [0.25, 0.3) is 27.8 Å². The Morgan fingerprint density at radius 3 is 2.83 bits per heavy atom. The Bertz CT molecular complexity index is 1400. The molecule has 154 valence electrons. The van der Waals surface area contributed by atoms with Crippen LogP contribution in [0.3, 0.4) is 0 Å². The van der Waals surface area contributed by atoms with Crippen molar-refractivity contribution in [3.05, 3.63) is 48.8 Å². The summed E-state index contributed by atoms with van der Waals surface area (Å²) in [5.74, 6) is 1.86. The van der Waals surface area contributed by atoms with Crippen LogP contribution < -0.4 is 10.9 Å². The summed E-state index contributed by atoms with van der Waals surface area (Å²) in [6.07, 6.45) is 4.21. The number of hydrazine groups is 1. The first-order valence-corrected chi connectivity index (χ1v) is 11.3. The zero-order valence-corrected chi connectivity index (χ0v) is 17.4. The first-order chi connectivity index (χ1) is 14.4. The van der Waals surface area contributed by atoms with Crippen molar-refractivity contribution in [2.45, 2.75) is 26.3 Å². The Morgan fingerprint density at radius 1 is 1.20 bits per heavy atom. The van der Waals surface area contributed by atoms with E-state index in [9.17, 15) is 8.42 Å². The summed E-state index contributed by atoms with van der Waals surface area (Å²) in [5, 5.41) is 5.44. The van der Waals surface area contributed by atoms with Gasteiger partial charge < -0.3 is 5.43 Å². The number of aromatic nitrogens is 4. The second-order valence-corrected chi connectivity index (χ2v) is 9.45. The van der Waals surface area contributed by atoms with Gasteiger partial charge in [0, 0.05) is 35.8 Å². The monoisotopic (exact) mass is 423 g/mol. The molecule has 0 spiro atoms. The van der Waals surface area contributed by atoms with Crippen molar-refractivity contribution in [1.29, 1.82) is 0 Å². The van der Waals surface area contributed by atoms with Gasteiger partial charge in [-0.15, -0.1) is 5.10 Å². The van der Waals surface area contributed by atoms with Crippen molar-refractivity contribution >= 4 is 38.1 Å². The zero-order chi connectivity index (χ0) is 20.9. The summed E-state index contributed by atoms with van der Waals surface area (Å²) < 4.78 is 27.9. The number of rotatable bonds is 4. The van der Waals surface area contributed by atoms with Crippen LogP contribution in [0.15, 0.2) is 53.8 Å². The van der Waals surface area contributed by atoms with Crippen LogP contribution in [-0.2, 0) is 10.0 Å². The Hall–Kier alpha value is -3.24. The molecule has 9 nitrogen and oxygen atoms in total. The molecule has 1 aliphatic rings. The van der Waals surface area contributed by atoms with Crippen molar-refractivity contribution in [2.24, 2.45) is 4.99 Å². The largest absolute Gasteiger partial charge is 0.309 e. The molecule has 0 bridgehead atoms. The van der Waals surface area contributed by atoms with Crippen molar-refractivity contribution in [2.75, 3.05) is 5.75 Å². The van der Waals surface area contributed by atoms with Crippen molar-refractivity contribution in [1.82, 2.24) is 29.4 Å². The van der Waals surface area contributed by atoms with E-state index in [0.717, 1.165) is 28.7 Å². The average Bonchev–Trinajstić information content (AvgIpc) is 3.46. The van der Waals surface area contributed by atoms with Crippen molar-refractivity contribution in [3.63, 3.8) is 0 Å². The fraction of sp³-hybridized carbons (Fsp3) is 0.250. The molecule has 1 aromatic carbocycles. The average molecular weight is 424 g/mol. The highest BCUT2D eigenvalue weighted by Gasteiger charge is 2.18. The summed E-state index contributed by atoms with van der Waals surface area (Å²) in [6.45, 7) is 3.70. The number of hydrogen-bond acceptors (Lipinski definition) is 6. The lowest BCUT2D eigenvalue weighted by molar-refractivity contribution is 0.590. The van der Waals surface area contributed by atoms with Crippen LogP contribution in [0.4, 0.5) is 5.82 Å². The summed E-state index contributed by atoms with van der Waals surface area (Å²) in [7, 11) is -3.40. The molecule has 1 fully saturated rings. The Kier molecular flexibility index (Phi) is 4.33. The van der Waals surface area contributed by atoms with Gasteiger partial charge in [-0.1, -0.05) is 12.1 Å². The van der Waals surface area contributed by atoms with Gasteiger partial charge in [0.15, 0.2) is 11.6 Å². The lowest BCUT2D eigenvalue weighted by Crippen LogP contribution is -2.29. The second-order valence-electron chi connectivity index (χ2n) is 7.32. The van der Waals surface area contributed by atoms with Crippen LogP contribution >= 0.6 is 0 Å². The lowest BCUT2D eigenvalue weighted by atomic mass is 10.1. The van der Waals surface area contributed by atoms with Crippen LogP contribution in [0.5, 0.6) is 0 Å². The third kappa shape index (κ3) is 3.14. The molecule has 0 aliphatic carbocycles. The summed E-state index contributed by atoms with van der Waals surface area (Å²) in [4.78, 5) is 9.38. The molecule has 1 atom stereocenters. The van der Waals surface area contributed by atoms with Gasteiger partial charge in [0.25, 0.3) is 0 Å². The number of nitrogens with zero attached hydrogens (tertiary/aromatic N) is 5. The van der Waals surface area contributed by atoms with Gasteiger partial charge >= 0.3 is 0 Å². The quantitative estimate of drug-likeness (QED) is 0.522. The van der Waals surface area contributed by atoms with Gasteiger partial charge in [0.2, 0.25) is 10.0 Å². The predicted octanol–water partition coefficient (Wildman–Crippen LogP) is 2.47. The molecule has 1 saturated heterocycles. The minimum atomic E-state index is -3.40. The van der Waals surface area contributed by atoms with E-state index in [1.165, 1.54) is 3.97 Å². The van der Waals surface area contributed by atoms with Gasteiger partial charge in [-0.2, -0.15) is 0 Å². The first-order valence-electron chi connectivity index (χ1n) is 9.74. The molecule has 5 rings (SSSR count). The van der Waals surface area contributed by atoms with E-state index in [2.05, 4.69) is 32.9 Å². The number of hydrogen-bond donors (Lipinski definition) is 2. The minimum Gasteiger partial charge on any atom is -0.309 e. The topological polar surface area (TPSA) is 106 Å². The molecule has 4 heterocycles. The molecule has 4 aromatic rings. The Balaban J connectivity index is 1.66. The normalized spacial score (nSPS) is 18.5. The van der Waals surface area contributed by atoms with E-state index < -0.39 is 10.0 Å². The molecule has 0 saturated carbocycles. The van der Waals surface area contributed by atoms with Crippen LogP contribution in [0, 0.1) is 0 Å². The maximum Gasteiger partial charge on any atom is 0.238 e. The highest BCUT2D eigenvalue weighted by atomic mass is 32.2. The van der Waals surface area contributed by atoms with E-state index in [0.29, 0.717) is 23.2 Å². The van der Waals surface area contributed by atoms with E-state index in [1.54, 1.807) is 23.7 Å². The molecule has 2 N–H and O–H groups in total. The van der Waals surface area contributed by atoms with E-state index >= 15 is 0 Å². The number of aliphatic imine (C=N–C) groups is 1. The number of benzene rings is 1. The molecular weight excluding hydrogens is 402 g/mol. The summed E-state index contributed by atoms with van der Waals surface area (Å²) in [5.41, 5.74) is 8.33. The zero-order valence-electron chi connectivity index (χ0n) is 16.6. The highest BCUT2D eigenvalue weighted by molar-refractivity contribution is 7.90. The number of amidine groups is 1. The predicted molar refractivity (Wildman–Crippen MR) is 116 cm³/mol. The number of fused-ring (bicyclic) bond motifs is 2. The molecule has 0 radical (unpaired) electrons. The molecule has 1 unspecified atom stereocenters. The fourth-order valence-electron chi connectivity index (χ4n) is 3.55. The molecular formula is C20H21N7O2S. The van der Waals surface area contributed by atoms with E-state index in [1.807, 2.05) is 36.5 Å². The van der Waals surface area contributed by atoms with Gasteiger partial charge in [-0.3, -0.25) is 0 Å². The Morgan fingerprint density at radius 2 is 2.07 bits per heavy atom. The lowest BCUT2D eigenvalue weighted by Gasteiger charge is -2.08. The maximum absolute atomic E-state index is 12.4. The molecule has 30 heavy (non-hydrogen) atoms. The second kappa shape index (κ2) is 6.92. The van der Waals surface area contributed by atoms with Gasteiger partial charge in [-0.05, 0) is 38.1 Å². The van der Waals surface area contributed by atoms with Gasteiger partial charge in [0.05, 0.1) is 11.3 Å². The standard InChI is InChI=1S/C20H21N7O2S/c1-3-30(28,29)27-10-8-14-6-7-15(12-17(14)27)19-22-20(16-5-4-9-26(16)25-19)21-18-11-13(2)23-24-18/h4-10,12-13,23H,3,11H2,1-2H3,(H,21,22,24,25). The minimum absolute atomic E-state index is 0.0218. The van der Waals surface area contributed by atoms with Crippen LogP contribution in [0.1, 0.15) is 20.3 Å². The SMILES string of the molecule is CCS(=O)(=O)n1ccc2ccc(-c3nc(N=C4CC(C)NN4)c4cccn4n3)cc21. The van der Waals surface area contributed by atoms with Crippen LogP contribution in [-0.4, -0.2) is 44.6 Å². The Labute approximate surface area is 173 Å². The first kappa shape index (κ1) is 18.8. The highest BCUT2D eigenvalue weighted by Crippen LogP contribution is 2.27.